The van der Waals surface area contributed by atoms with E-state index in [9.17, 15) is 0 Å². The molecular weight excluding hydrogens is 170 g/mol. The van der Waals surface area contributed by atoms with Gasteiger partial charge in [0.2, 0.25) is 0 Å². The second kappa shape index (κ2) is 5.82. The molecule has 0 amide bonds. The summed E-state index contributed by atoms with van der Waals surface area (Å²) in [7, 11) is 0. The lowest BCUT2D eigenvalue weighted by atomic mass is 10.1. The molecule has 1 saturated heterocycles. The Labute approximate surface area is 87.8 Å². The molecule has 0 aromatic carbocycles. The first kappa shape index (κ1) is 11.3. The van der Waals surface area contributed by atoms with Gasteiger partial charge in [0, 0.05) is 6.54 Å². The lowest BCUT2D eigenvalue weighted by Crippen LogP contribution is -2.31. The molecule has 1 nitrogen and oxygen atoms in total. The molecular formula is C13H21N. The molecule has 1 rings (SSSR count). The highest BCUT2D eigenvalue weighted by Gasteiger charge is 2.09. The zero-order valence-corrected chi connectivity index (χ0v) is 9.26. The van der Waals surface area contributed by atoms with Crippen molar-refractivity contribution in [2.75, 3.05) is 19.6 Å². The Morgan fingerprint density at radius 3 is 2.36 bits per heavy atom. The lowest BCUT2D eigenvalue weighted by Gasteiger charge is -2.26. The van der Waals surface area contributed by atoms with Gasteiger partial charge in [-0.05, 0) is 38.4 Å². The van der Waals surface area contributed by atoms with E-state index in [1.165, 1.54) is 37.9 Å². The van der Waals surface area contributed by atoms with Crippen molar-refractivity contribution >= 4 is 0 Å². The smallest absolute Gasteiger partial charge is 0.0227 e. The van der Waals surface area contributed by atoms with Gasteiger partial charge in [-0.15, -0.1) is 0 Å². The maximum Gasteiger partial charge on any atom is 0.0227 e. The van der Waals surface area contributed by atoms with Crippen molar-refractivity contribution < 1.29 is 0 Å². The van der Waals surface area contributed by atoms with Crippen molar-refractivity contribution in [3.63, 3.8) is 0 Å². The van der Waals surface area contributed by atoms with E-state index < -0.39 is 0 Å². The summed E-state index contributed by atoms with van der Waals surface area (Å²) in [5, 5.41) is 0. The minimum Gasteiger partial charge on any atom is -0.299 e. The second-order valence-corrected chi connectivity index (χ2v) is 4.17. The Kier molecular flexibility index (Phi) is 4.68. The van der Waals surface area contributed by atoms with Crippen molar-refractivity contribution in [1.82, 2.24) is 4.90 Å². The Hall–Kier alpha value is -0.820. The van der Waals surface area contributed by atoms with E-state index >= 15 is 0 Å². The number of piperidine rings is 1. The molecule has 0 radical (unpaired) electrons. The molecule has 0 aromatic heterocycles. The van der Waals surface area contributed by atoms with E-state index in [1.54, 1.807) is 0 Å². The molecule has 0 saturated carbocycles. The molecule has 1 aliphatic heterocycles. The highest BCUT2D eigenvalue weighted by molar-refractivity contribution is 5.23. The quantitative estimate of drug-likeness (QED) is 0.617. The van der Waals surface area contributed by atoms with E-state index in [0.29, 0.717) is 0 Å². The Morgan fingerprint density at radius 1 is 1.14 bits per heavy atom. The summed E-state index contributed by atoms with van der Waals surface area (Å²) in [5.41, 5.74) is 2.28. The van der Waals surface area contributed by atoms with Gasteiger partial charge in [-0.3, -0.25) is 4.90 Å². The highest BCUT2D eigenvalue weighted by Crippen LogP contribution is 2.10. The highest BCUT2D eigenvalue weighted by atomic mass is 15.1. The number of allylic oxidation sites excluding steroid dienone is 2. The number of rotatable bonds is 4. The van der Waals surface area contributed by atoms with Crippen LogP contribution in [0.5, 0.6) is 0 Å². The van der Waals surface area contributed by atoms with Crippen LogP contribution in [0.2, 0.25) is 0 Å². The van der Waals surface area contributed by atoms with Gasteiger partial charge in [-0.2, -0.15) is 0 Å². The minimum absolute atomic E-state index is 1.02. The van der Waals surface area contributed by atoms with Crippen LogP contribution in [0, 0.1) is 0 Å². The molecule has 1 heteroatoms. The molecule has 0 bridgehead atoms. The average Bonchev–Trinajstić information content (AvgIpc) is 2.16. The van der Waals surface area contributed by atoms with Crippen LogP contribution in [0.25, 0.3) is 0 Å². The predicted octanol–water partition coefficient (Wildman–Crippen LogP) is 3.16. The van der Waals surface area contributed by atoms with Crippen molar-refractivity contribution in [1.29, 1.82) is 0 Å². The van der Waals surface area contributed by atoms with Gasteiger partial charge >= 0.3 is 0 Å². The fourth-order valence-electron chi connectivity index (χ4n) is 1.72. The molecule has 14 heavy (non-hydrogen) atoms. The first-order valence-corrected chi connectivity index (χ1v) is 5.42. The third kappa shape index (κ3) is 4.43. The zero-order chi connectivity index (χ0) is 10.4. The molecule has 0 aromatic rings. The summed E-state index contributed by atoms with van der Waals surface area (Å²) in [6, 6.07) is 0. The maximum atomic E-state index is 4.05. The number of hydrogen-bond donors (Lipinski definition) is 0. The van der Waals surface area contributed by atoms with Crippen LogP contribution in [-0.4, -0.2) is 24.5 Å². The van der Waals surface area contributed by atoms with Crippen LogP contribution >= 0.6 is 0 Å². The van der Waals surface area contributed by atoms with Gasteiger partial charge in [-0.1, -0.05) is 37.3 Å². The van der Waals surface area contributed by atoms with E-state index in [2.05, 4.69) is 24.1 Å². The summed E-state index contributed by atoms with van der Waals surface area (Å²) >= 11 is 0. The summed E-state index contributed by atoms with van der Waals surface area (Å²) in [6.45, 7) is 13.4. The summed E-state index contributed by atoms with van der Waals surface area (Å²) < 4.78 is 0. The third-order valence-electron chi connectivity index (χ3n) is 2.48. The van der Waals surface area contributed by atoms with Gasteiger partial charge in [0.15, 0.2) is 0 Å². The van der Waals surface area contributed by atoms with Crippen molar-refractivity contribution in [2.24, 2.45) is 0 Å². The molecule has 1 aliphatic rings. The van der Waals surface area contributed by atoms with E-state index in [1.807, 2.05) is 13.0 Å². The Balaban J connectivity index is 2.28. The largest absolute Gasteiger partial charge is 0.299 e. The van der Waals surface area contributed by atoms with Crippen molar-refractivity contribution in [3.8, 4) is 0 Å². The van der Waals surface area contributed by atoms with Crippen LogP contribution in [0.3, 0.4) is 0 Å². The average molecular weight is 191 g/mol. The Morgan fingerprint density at radius 2 is 1.79 bits per heavy atom. The predicted molar refractivity (Wildman–Crippen MR) is 63.4 cm³/mol. The second-order valence-electron chi connectivity index (χ2n) is 4.17. The lowest BCUT2D eigenvalue weighted by molar-refractivity contribution is 0.248. The summed E-state index contributed by atoms with van der Waals surface area (Å²) in [4.78, 5) is 2.48. The fraction of sp³-hybridized carbons (Fsp3) is 0.538. The van der Waals surface area contributed by atoms with Gasteiger partial charge in [0.1, 0.15) is 0 Å². The van der Waals surface area contributed by atoms with Gasteiger partial charge in [0.05, 0.1) is 0 Å². The molecule has 0 N–H and O–H groups in total. The molecule has 1 heterocycles. The van der Waals surface area contributed by atoms with E-state index in [4.69, 9.17) is 0 Å². The van der Waals surface area contributed by atoms with Crippen LogP contribution in [0.15, 0.2) is 36.5 Å². The molecule has 0 aliphatic carbocycles. The molecule has 1 fully saturated rings. The minimum atomic E-state index is 1.02. The Bertz CT molecular complexity index is 232. The van der Waals surface area contributed by atoms with E-state index in [-0.39, 0.29) is 0 Å². The third-order valence-corrected chi connectivity index (χ3v) is 2.48. The van der Waals surface area contributed by atoms with Crippen molar-refractivity contribution in [2.45, 2.75) is 26.2 Å². The van der Waals surface area contributed by atoms with Gasteiger partial charge in [-0.25, -0.2) is 0 Å². The number of hydrogen-bond acceptors (Lipinski definition) is 1. The SMILES string of the molecule is C=C(C)/C=C\C(=C)CN1CCCCC1. The summed E-state index contributed by atoms with van der Waals surface area (Å²) in [6.07, 6.45) is 8.20. The van der Waals surface area contributed by atoms with Crippen molar-refractivity contribution in [3.05, 3.63) is 36.5 Å². The fourth-order valence-corrected chi connectivity index (χ4v) is 1.72. The van der Waals surface area contributed by atoms with Crippen LogP contribution in [0.1, 0.15) is 26.2 Å². The number of nitrogens with zero attached hydrogens (tertiary/aromatic N) is 1. The van der Waals surface area contributed by atoms with Crippen LogP contribution in [0.4, 0.5) is 0 Å². The molecule has 0 atom stereocenters. The molecule has 0 spiro atoms. The number of likely N-dealkylation sites (tertiary alicyclic amines) is 1. The normalized spacial score (nSPS) is 18.6. The molecule has 0 unspecified atom stereocenters. The molecule has 78 valence electrons. The van der Waals surface area contributed by atoms with Gasteiger partial charge in [0.25, 0.3) is 0 Å². The topological polar surface area (TPSA) is 3.24 Å². The zero-order valence-electron chi connectivity index (χ0n) is 9.26. The monoisotopic (exact) mass is 191 g/mol. The maximum absolute atomic E-state index is 4.05. The van der Waals surface area contributed by atoms with Crippen LogP contribution in [-0.2, 0) is 0 Å². The van der Waals surface area contributed by atoms with Crippen LogP contribution < -0.4 is 0 Å². The standard InChI is InChI=1S/C13H21N/c1-12(2)7-8-13(3)11-14-9-5-4-6-10-14/h7-8H,1,3-6,9-11H2,2H3/b8-7-. The summed E-state index contributed by atoms with van der Waals surface area (Å²) in [5.74, 6) is 0. The first-order chi connectivity index (χ1) is 6.68. The van der Waals surface area contributed by atoms with Gasteiger partial charge < -0.3 is 0 Å². The van der Waals surface area contributed by atoms with E-state index in [0.717, 1.165) is 12.1 Å². The first-order valence-electron chi connectivity index (χ1n) is 5.42.